The van der Waals surface area contributed by atoms with Crippen LogP contribution in [0.15, 0.2) is 40.9 Å². The average molecular weight is 303 g/mol. The molecule has 0 atom stereocenters. The van der Waals surface area contributed by atoms with E-state index in [-0.39, 0.29) is 11.6 Å². The average Bonchev–Trinajstić information content (AvgIpc) is 2.22. The van der Waals surface area contributed by atoms with Gasteiger partial charge in [0.2, 0.25) is 5.88 Å². The quantitative estimate of drug-likeness (QED) is 0.766. The second kappa shape index (κ2) is 4.80. The van der Waals surface area contributed by atoms with Crippen LogP contribution in [0, 0.1) is 5.82 Å². The van der Waals surface area contributed by atoms with E-state index in [0.29, 0.717) is 9.63 Å². The maximum absolute atomic E-state index is 13.4. The van der Waals surface area contributed by atoms with E-state index in [2.05, 4.69) is 20.9 Å². The molecule has 0 saturated heterocycles. The number of ether oxygens (including phenoxy) is 1. The lowest BCUT2D eigenvalue weighted by atomic mass is 10.3. The van der Waals surface area contributed by atoms with Gasteiger partial charge in [0.1, 0.15) is 5.15 Å². The highest BCUT2D eigenvalue weighted by molar-refractivity contribution is 9.10. The minimum Gasteiger partial charge on any atom is -0.436 e. The predicted molar refractivity (Wildman–Crippen MR) is 63.4 cm³/mol. The second-order valence-corrected chi connectivity index (χ2v) is 4.28. The van der Waals surface area contributed by atoms with Crippen molar-refractivity contribution in [3.63, 3.8) is 0 Å². The smallest absolute Gasteiger partial charge is 0.220 e. The summed E-state index contributed by atoms with van der Waals surface area (Å²) in [4.78, 5) is 3.90. The molecule has 1 heterocycles. The molecule has 0 aliphatic carbocycles. The molecule has 0 N–H and O–H groups in total. The molecule has 5 heteroatoms. The fourth-order valence-corrected chi connectivity index (χ4v) is 1.61. The Morgan fingerprint density at radius 2 is 2.06 bits per heavy atom. The van der Waals surface area contributed by atoms with Crippen molar-refractivity contribution in [3.05, 3.63) is 51.8 Å². The van der Waals surface area contributed by atoms with Gasteiger partial charge in [-0.15, -0.1) is 0 Å². The third-order valence-electron chi connectivity index (χ3n) is 1.80. The number of hydrogen-bond donors (Lipinski definition) is 0. The largest absolute Gasteiger partial charge is 0.436 e. The summed E-state index contributed by atoms with van der Waals surface area (Å²) in [7, 11) is 0. The summed E-state index contributed by atoms with van der Waals surface area (Å²) < 4.78 is 19.3. The van der Waals surface area contributed by atoms with Crippen LogP contribution in [0.4, 0.5) is 4.39 Å². The number of hydrogen-bond acceptors (Lipinski definition) is 2. The highest BCUT2D eigenvalue weighted by atomic mass is 79.9. The first-order valence-electron chi connectivity index (χ1n) is 4.40. The molecule has 0 bridgehead atoms. The highest BCUT2D eigenvalue weighted by Crippen LogP contribution is 2.26. The molecule has 82 valence electrons. The van der Waals surface area contributed by atoms with Crippen LogP contribution in [0.5, 0.6) is 11.6 Å². The summed E-state index contributed by atoms with van der Waals surface area (Å²) in [5.41, 5.74) is 0. The van der Waals surface area contributed by atoms with Gasteiger partial charge in [0.05, 0.1) is 0 Å². The van der Waals surface area contributed by atoms with Gasteiger partial charge in [0.25, 0.3) is 0 Å². The summed E-state index contributed by atoms with van der Waals surface area (Å²) in [6.07, 6.45) is 0. The molecule has 2 nitrogen and oxygen atoms in total. The van der Waals surface area contributed by atoms with Crippen molar-refractivity contribution in [2.45, 2.75) is 0 Å². The van der Waals surface area contributed by atoms with Gasteiger partial charge in [-0.25, -0.2) is 9.37 Å². The van der Waals surface area contributed by atoms with Gasteiger partial charge < -0.3 is 4.74 Å². The lowest BCUT2D eigenvalue weighted by molar-refractivity contribution is 0.427. The molecule has 0 unspecified atom stereocenters. The molecular weight excluding hydrogens is 296 g/mol. The summed E-state index contributed by atoms with van der Waals surface area (Å²) in [5, 5.41) is 0.301. The molecule has 16 heavy (non-hydrogen) atoms. The third-order valence-corrected chi connectivity index (χ3v) is 2.50. The monoisotopic (exact) mass is 301 g/mol. The Morgan fingerprint density at radius 3 is 2.75 bits per heavy atom. The van der Waals surface area contributed by atoms with Crippen LogP contribution in [-0.2, 0) is 0 Å². The van der Waals surface area contributed by atoms with Gasteiger partial charge in [-0.3, -0.25) is 0 Å². The van der Waals surface area contributed by atoms with E-state index in [1.54, 1.807) is 24.3 Å². The Labute approximate surface area is 105 Å². The van der Waals surface area contributed by atoms with Crippen molar-refractivity contribution in [2.75, 3.05) is 0 Å². The summed E-state index contributed by atoms with van der Waals surface area (Å²) in [6, 6.07) is 9.42. The maximum atomic E-state index is 13.4. The lowest BCUT2D eigenvalue weighted by Gasteiger charge is -2.05. The van der Waals surface area contributed by atoms with E-state index in [0.717, 1.165) is 0 Å². The molecule has 2 rings (SSSR count). The van der Waals surface area contributed by atoms with Gasteiger partial charge in [-0.05, 0) is 24.3 Å². The van der Waals surface area contributed by atoms with Crippen molar-refractivity contribution in [1.29, 1.82) is 0 Å². The molecule has 2 aromatic rings. The number of benzene rings is 1. The third kappa shape index (κ3) is 2.71. The zero-order valence-corrected chi connectivity index (χ0v) is 10.3. The van der Waals surface area contributed by atoms with Crippen LogP contribution in [-0.4, -0.2) is 4.98 Å². The molecule has 0 aliphatic heterocycles. The fourth-order valence-electron chi connectivity index (χ4n) is 1.12. The van der Waals surface area contributed by atoms with Crippen molar-refractivity contribution in [2.24, 2.45) is 0 Å². The SMILES string of the molecule is Fc1cc(Br)ccc1Oc1cccc(Cl)n1. The standard InChI is InChI=1S/C11H6BrClFNO/c12-7-4-5-9(8(14)6-7)16-11-3-1-2-10(13)15-11/h1-6H. The van der Waals surface area contributed by atoms with Crippen molar-refractivity contribution >= 4 is 27.5 Å². The Kier molecular flexibility index (Phi) is 3.41. The minimum absolute atomic E-state index is 0.109. The van der Waals surface area contributed by atoms with E-state index in [9.17, 15) is 4.39 Å². The number of halogens is 3. The van der Waals surface area contributed by atoms with Gasteiger partial charge in [0, 0.05) is 10.5 Å². The van der Waals surface area contributed by atoms with Crippen LogP contribution >= 0.6 is 27.5 Å². The van der Waals surface area contributed by atoms with E-state index in [4.69, 9.17) is 16.3 Å². The number of aromatic nitrogens is 1. The van der Waals surface area contributed by atoms with Crippen LogP contribution in [0.2, 0.25) is 5.15 Å². The van der Waals surface area contributed by atoms with Crippen LogP contribution < -0.4 is 4.74 Å². The van der Waals surface area contributed by atoms with E-state index in [1.165, 1.54) is 12.1 Å². The first-order valence-corrected chi connectivity index (χ1v) is 5.58. The van der Waals surface area contributed by atoms with Gasteiger partial charge in [-0.1, -0.05) is 33.6 Å². The molecule has 1 aromatic heterocycles. The Morgan fingerprint density at radius 1 is 1.25 bits per heavy atom. The summed E-state index contributed by atoms with van der Waals surface area (Å²) in [6.45, 7) is 0. The molecule has 0 spiro atoms. The molecule has 0 aliphatic rings. The first-order chi connectivity index (χ1) is 7.65. The molecule has 0 amide bonds. The van der Waals surface area contributed by atoms with Gasteiger partial charge in [-0.2, -0.15) is 0 Å². The van der Waals surface area contributed by atoms with Gasteiger partial charge >= 0.3 is 0 Å². The Bertz CT molecular complexity index is 521. The lowest BCUT2D eigenvalue weighted by Crippen LogP contribution is -1.90. The topological polar surface area (TPSA) is 22.1 Å². The van der Waals surface area contributed by atoms with Crippen LogP contribution in [0.25, 0.3) is 0 Å². The molecule has 0 radical (unpaired) electrons. The van der Waals surface area contributed by atoms with Crippen molar-refractivity contribution in [3.8, 4) is 11.6 Å². The number of nitrogens with zero attached hydrogens (tertiary/aromatic N) is 1. The van der Waals surface area contributed by atoms with Crippen LogP contribution in [0.3, 0.4) is 0 Å². The highest BCUT2D eigenvalue weighted by Gasteiger charge is 2.06. The normalized spacial score (nSPS) is 10.2. The van der Waals surface area contributed by atoms with Crippen molar-refractivity contribution < 1.29 is 9.13 Å². The van der Waals surface area contributed by atoms with Crippen molar-refractivity contribution in [1.82, 2.24) is 4.98 Å². The summed E-state index contributed by atoms with van der Waals surface area (Å²) >= 11 is 8.84. The van der Waals surface area contributed by atoms with E-state index in [1.807, 2.05) is 0 Å². The van der Waals surface area contributed by atoms with E-state index < -0.39 is 5.82 Å². The minimum atomic E-state index is -0.462. The zero-order chi connectivity index (χ0) is 11.5. The maximum Gasteiger partial charge on any atom is 0.220 e. The number of pyridine rings is 1. The predicted octanol–water partition coefficient (Wildman–Crippen LogP) is 4.43. The van der Waals surface area contributed by atoms with Gasteiger partial charge in [0.15, 0.2) is 11.6 Å². The Hall–Kier alpha value is -1.13. The van der Waals surface area contributed by atoms with E-state index >= 15 is 0 Å². The summed E-state index contributed by atoms with van der Waals surface area (Å²) in [5.74, 6) is -0.0946. The zero-order valence-electron chi connectivity index (χ0n) is 7.95. The first kappa shape index (κ1) is 11.4. The second-order valence-electron chi connectivity index (χ2n) is 2.98. The molecule has 0 saturated carbocycles. The molecule has 0 fully saturated rings. The van der Waals surface area contributed by atoms with Crippen LogP contribution in [0.1, 0.15) is 0 Å². The Balaban J connectivity index is 2.27. The fraction of sp³-hybridized carbons (Fsp3) is 0. The molecular formula is C11H6BrClFNO. The number of rotatable bonds is 2. The molecule has 1 aromatic carbocycles.